The Kier molecular flexibility index (Phi) is 3.69. The third-order valence-electron chi connectivity index (χ3n) is 1.83. The second-order valence-electron chi connectivity index (χ2n) is 3.10. The summed E-state index contributed by atoms with van der Waals surface area (Å²) in [6.45, 7) is 0.267. The molecule has 1 N–H and O–H groups in total. The first-order valence-electron chi connectivity index (χ1n) is 4.16. The van der Waals surface area contributed by atoms with Crippen LogP contribution in [0.2, 0.25) is 0 Å². The predicted molar refractivity (Wildman–Crippen MR) is 58.3 cm³/mol. The zero-order valence-electron chi connectivity index (χ0n) is 8.07. The Hall–Kier alpha value is -1.54. The van der Waals surface area contributed by atoms with Crippen molar-refractivity contribution in [3.8, 4) is 6.07 Å². The van der Waals surface area contributed by atoms with Gasteiger partial charge < -0.3 is 10.0 Å². The molecule has 0 aliphatic rings. The second kappa shape index (κ2) is 4.80. The SMILES string of the molecule is CN(Cc1cc(Br)cc(C#N)c1)C(=O)O. The van der Waals surface area contributed by atoms with Gasteiger partial charge in [-0.05, 0) is 23.8 Å². The molecule has 1 rings (SSSR count). The van der Waals surface area contributed by atoms with Gasteiger partial charge in [0, 0.05) is 18.1 Å². The monoisotopic (exact) mass is 268 g/mol. The fourth-order valence-corrected chi connectivity index (χ4v) is 1.69. The van der Waals surface area contributed by atoms with Gasteiger partial charge in [-0.15, -0.1) is 0 Å². The van der Waals surface area contributed by atoms with Crippen molar-refractivity contribution in [2.45, 2.75) is 6.54 Å². The van der Waals surface area contributed by atoms with Crippen LogP contribution in [0.4, 0.5) is 4.79 Å². The number of rotatable bonds is 2. The Bertz CT molecular complexity index is 426. The van der Waals surface area contributed by atoms with Crippen molar-refractivity contribution in [3.63, 3.8) is 0 Å². The summed E-state index contributed by atoms with van der Waals surface area (Å²) in [6, 6.07) is 7.16. The molecule has 0 aromatic heterocycles. The summed E-state index contributed by atoms with van der Waals surface area (Å²) in [5, 5.41) is 17.4. The lowest BCUT2D eigenvalue weighted by atomic mass is 10.1. The number of hydrogen-bond donors (Lipinski definition) is 1. The third kappa shape index (κ3) is 3.26. The van der Waals surface area contributed by atoms with E-state index in [-0.39, 0.29) is 6.54 Å². The van der Waals surface area contributed by atoms with Crippen LogP contribution in [0.5, 0.6) is 0 Å². The highest BCUT2D eigenvalue weighted by Gasteiger charge is 2.07. The van der Waals surface area contributed by atoms with Gasteiger partial charge in [0.25, 0.3) is 0 Å². The average molecular weight is 269 g/mol. The molecule has 0 heterocycles. The van der Waals surface area contributed by atoms with E-state index in [1.165, 1.54) is 7.05 Å². The Morgan fingerprint density at radius 1 is 1.60 bits per heavy atom. The molecule has 78 valence electrons. The van der Waals surface area contributed by atoms with Crippen LogP contribution in [0.15, 0.2) is 22.7 Å². The number of nitrogens with zero attached hydrogens (tertiary/aromatic N) is 2. The summed E-state index contributed by atoms with van der Waals surface area (Å²) < 4.78 is 0.773. The summed E-state index contributed by atoms with van der Waals surface area (Å²) >= 11 is 3.26. The van der Waals surface area contributed by atoms with Crippen LogP contribution in [0.25, 0.3) is 0 Å². The Labute approximate surface area is 95.9 Å². The first-order chi connectivity index (χ1) is 7.02. The van der Waals surface area contributed by atoms with Crippen molar-refractivity contribution in [3.05, 3.63) is 33.8 Å². The van der Waals surface area contributed by atoms with E-state index in [1.807, 2.05) is 6.07 Å². The molecule has 0 aliphatic heterocycles. The van der Waals surface area contributed by atoms with Crippen LogP contribution in [-0.2, 0) is 6.54 Å². The van der Waals surface area contributed by atoms with Crippen molar-refractivity contribution in [1.82, 2.24) is 4.90 Å². The maximum atomic E-state index is 10.6. The van der Waals surface area contributed by atoms with E-state index in [1.54, 1.807) is 18.2 Å². The number of benzene rings is 1. The highest BCUT2D eigenvalue weighted by atomic mass is 79.9. The summed E-state index contributed by atoms with van der Waals surface area (Å²) in [6.07, 6.45) is -0.992. The maximum absolute atomic E-state index is 10.6. The molecule has 0 radical (unpaired) electrons. The number of carboxylic acid groups (broad SMARTS) is 1. The summed E-state index contributed by atoms with van der Waals surface area (Å²) in [4.78, 5) is 11.7. The lowest BCUT2D eigenvalue weighted by Crippen LogP contribution is -2.23. The van der Waals surface area contributed by atoms with Gasteiger partial charge in [-0.2, -0.15) is 5.26 Å². The van der Waals surface area contributed by atoms with Crippen molar-refractivity contribution in [2.24, 2.45) is 0 Å². The third-order valence-corrected chi connectivity index (χ3v) is 2.29. The Balaban J connectivity index is 2.91. The van der Waals surface area contributed by atoms with E-state index in [4.69, 9.17) is 10.4 Å². The highest BCUT2D eigenvalue weighted by molar-refractivity contribution is 9.10. The molecule has 5 heteroatoms. The zero-order chi connectivity index (χ0) is 11.4. The molecule has 0 atom stereocenters. The van der Waals surface area contributed by atoms with Crippen LogP contribution in [0, 0.1) is 11.3 Å². The fourth-order valence-electron chi connectivity index (χ4n) is 1.15. The molecule has 1 aromatic rings. The summed E-state index contributed by atoms with van der Waals surface area (Å²) in [5.74, 6) is 0. The molecule has 0 saturated heterocycles. The van der Waals surface area contributed by atoms with E-state index in [0.717, 1.165) is 14.9 Å². The van der Waals surface area contributed by atoms with Gasteiger partial charge in [-0.3, -0.25) is 0 Å². The van der Waals surface area contributed by atoms with Crippen LogP contribution in [-0.4, -0.2) is 23.1 Å². The van der Waals surface area contributed by atoms with Gasteiger partial charge in [0.05, 0.1) is 11.6 Å². The van der Waals surface area contributed by atoms with Gasteiger partial charge >= 0.3 is 6.09 Å². The summed E-state index contributed by atoms with van der Waals surface area (Å²) in [7, 11) is 1.48. The van der Waals surface area contributed by atoms with Crippen molar-refractivity contribution in [1.29, 1.82) is 5.26 Å². The zero-order valence-corrected chi connectivity index (χ0v) is 9.65. The molecule has 0 bridgehead atoms. The average Bonchev–Trinajstić information content (AvgIpc) is 2.16. The van der Waals surface area contributed by atoms with Crippen LogP contribution in [0.3, 0.4) is 0 Å². The normalized spacial score (nSPS) is 9.40. The van der Waals surface area contributed by atoms with Crippen LogP contribution < -0.4 is 0 Å². The minimum absolute atomic E-state index is 0.267. The van der Waals surface area contributed by atoms with E-state index >= 15 is 0 Å². The minimum Gasteiger partial charge on any atom is -0.465 e. The molecule has 0 fully saturated rings. The molecule has 1 amide bonds. The Morgan fingerprint density at radius 3 is 2.80 bits per heavy atom. The quantitative estimate of drug-likeness (QED) is 0.896. The molecular formula is C10H9BrN2O2. The van der Waals surface area contributed by atoms with Crippen LogP contribution >= 0.6 is 15.9 Å². The smallest absolute Gasteiger partial charge is 0.407 e. The lowest BCUT2D eigenvalue weighted by molar-refractivity contribution is 0.153. The predicted octanol–water partition coefficient (Wildman–Crippen LogP) is 2.43. The molecule has 0 saturated carbocycles. The van der Waals surface area contributed by atoms with Gasteiger partial charge in [0.1, 0.15) is 0 Å². The van der Waals surface area contributed by atoms with Crippen molar-refractivity contribution in [2.75, 3.05) is 7.05 Å². The van der Waals surface area contributed by atoms with E-state index in [0.29, 0.717) is 5.56 Å². The summed E-state index contributed by atoms with van der Waals surface area (Å²) in [5.41, 5.74) is 1.30. The van der Waals surface area contributed by atoms with Crippen LogP contribution in [0.1, 0.15) is 11.1 Å². The number of nitriles is 1. The molecule has 0 unspecified atom stereocenters. The number of amides is 1. The highest BCUT2D eigenvalue weighted by Crippen LogP contribution is 2.16. The molecule has 15 heavy (non-hydrogen) atoms. The largest absolute Gasteiger partial charge is 0.465 e. The fraction of sp³-hybridized carbons (Fsp3) is 0.200. The molecular weight excluding hydrogens is 260 g/mol. The van der Waals surface area contributed by atoms with Gasteiger partial charge in [0.2, 0.25) is 0 Å². The first kappa shape index (κ1) is 11.5. The minimum atomic E-state index is -0.992. The van der Waals surface area contributed by atoms with E-state index in [2.05, 4.69) is 15.9 Å². The standard InChI is InChI=1S/C10H9BrN2O2/c1-13(10(14)15)6-8-2-7(5-12)3-9(11)4-8/h2-4H,6H2,1H3,(H,14,15). The first-order valence-corrected chi connectivity index (χ1v) is 4.96. The van der Waals surface area contributed by atoms with Gasteiger partial charge in [0.15, 0.2) is 0 Å². The number of halogens is 1. The molecule has 0 aliphatic carbocycles. The van der Waals surface area contributed by atoms with Gasteiger partial charge in [-0.1, -0.05) is 15.9 Å². The number of carbonyl (C=O) groups is 1. The number of hydrogen-bond acceptors (Lipinski definition) is 2. The van der Waals surface area contributed by atoms with E-state index < -0.39 is 6.09 Å². The molecule has 1 aromatic carbocycles. The molecule has 0 spiro atoms. The maximum Gasteiger partial charge on any atom is 0.407 e. The topological polar surface area (TPSA) is 64.3 Å². The van der Waals surface area contributed by atoms with Gasteiger partial charge in [-0.25, -0.2) is 4.79 Å². The molecule has 4 nitrogen and oxygen atoms in total. The Morgan fingerprint density at radius 2 is 2.27 bits per heavy atom. The van der Waals surface area contributed by atoms with Crippen molar-refractivity contribution < 1.29 is 9.90 Å². The van der Waals surface area contributed by atoms with E-state index in [9.17, 15) is 4.79 Å². The lowest BCUT2D eigenvalue weighted by Gasteiger charge is -2.13. The second-order valence-corrected chi connectivity index (χ2v) is 4.01. The van der Waals surface area contributed by atoms with Crippen molar-refractivity contribution >= 4 is 22.0 Å².